The highest BCUT2D eigenvalue weighted by Gasteiger charge is 2.16. The van der Waals surface area contributed by atoms with Crippen LogP contribution in [0.4, 0.5) is 0 Å². The van der Waals surface area contributed by atoms with Gasteiger partial charge < -0.3 is 9.30 Å². The molecule has 28 heavy (non-hydrogen) atoms. The van der Waals surface area contributed by atoms with Crippen molar-refractivity contribution in [3.63, 3.8) is 0 Å². The fraction of sp³-hybridized carbons (Fsp3) is 0.300. The van der Waals surface area contributed by atoms with E-state index in [2.05, 4.69) is 39.8 Å². The van der Waals surface area contributed by atoms with E-state index in [1.807, 2.05) is 28.8 Å². The fourth-order valence-electron chi connectivity index (χ4n) is 3.08. The van der Waals surface area contributed by atoms with Crippen molar-refractivity contribution in [2.24, 2.45) is 0 Å². The predicted octanol–water partition coefficient (Wildman–Crippen LogP) is 4.10. The van der Waals surface area contributed by atoms with Crippen LogP contribution in [-0.2, 0) is 11.5 Å². The van der Waals surface area contributed by atoms with Gasteiger partial charge in [0.05, 0.1) is 17.3 Å². The van der Waals surface area contributed by atoms with Crippen molar-refractivity contribution in [1.82, 2.24) is 24.7 Å². The number of hydrogen-bond donors (Lipinski definition) is 1. The van der Waals surface area contributed by atoms with Gasteiger partial charge in [-0.1, -0.05) is 37.8 Å². The van der Waals surface area contributed by atoms with E-state index in [1.54, 1.807) is 12.4 Å². The lowest BCUT2D eigenvalue weighted by atomic mass is 10.2. The first kappa shape index (κ1) is 18.5. The minimum Gasteiger partial charge on any atom is -0.361 e. The highest BCUT2D eigenvalue weighted by Crippen LogP contribution is 2.26. The molecule has 0 unspecified atom stereocenters. The van der Waals surface area contributed by atoms with Gasteiger partial charge in [-0.2, -0.15) is 5.10 Å². The second kappa shape index (κ2) is 7.29. The molecule has 0 aliphatic rings. The van der Waals surface area contributed by atoms with Crippen LogP contribution < -0.4 is 0 Å². The number of aldehydes is 1. The zero-order valence-corrected chi connectivity index (χ0v) is 17.3. The second-order valence-electron chi connectivity index (χ2n) is 8.07. The largest absolute Gasteiger partial charge is 0.361 e. The summed E-state index contributed by atoms with van der Waals surface area (Å²) in [6, 6.07) is 8.94. The third-order valence-electron chi connectivity index (χ3n) is 4.66. The molecule has 8 heteroatoms. The highest BCUT2D eigenvalue weighted by molar-refractivity contribution is 6.76. The molecule has 3 aromatic heterocycles. The summed E-state index contributed by atoms with van der Waals surface area (Å²) in [4.78, 5) is 20.8. The summed E-state index contributed by atoms with van der Waals surface area (Å²) in [5.74, 6) is 0. The lowest BCUT2D eigenvalue weighted by Crippen LogP contribution is -2.22. The summed E-state index contributed by atoms with van der Waals surface area (Å²) in [7, 11) is -1.14. The van der Waals surface area contributed by atoms with Crippen LogP contribution in [0.25, 0.3) is 33.5 Å². The van der Waals surface area contributed by atoms with Crippen LogP contribution in [0.1, 0.15) is 10.4 Å². The van der Waals surface area contributed by atoms with Gasteiger partial charge >= 0.3 is 0 Å². The van der Waals surface area contributed by atoms with Gasteiger partial charge in [-0.05, 0) is 12.1 Å². The maximum Gasteiger partial charge on any atom is 0.161 e. The van der Waals surface area contributed by atoms with Gasteiger partial charge in [-0.25, -0.2) is 9.97 Å². The molecule has 4 rings (SSSR count). The number of nitrogens with zero attached hydrogens (tertiary/aromatic N) is 4. The van der Waals surface area contributed by atoms with Crippen molar-refractivity contribution in [2.75, 3.05) is 6.61 Å². The summed E-state index contributed by atoms with van der Waals surface area (Å²) in [5, 5.41) is 8.35. The minimum atomic E-state index is -1.14. The number of carbonyl (C=O) groups excluding carboxylic acids is 1. The van der Waals surface area contributed by atoms with E-state index >= 15 is 0 Å². The molecule has 1 N–H and O–H groups in total. The van der Waals surface area contributed by atoms with E-state index in [4.69, 9.17) is 4.74 Å². The van der Waals surface area contributed by atoms with Crippen molar-refractivity contribution in [1.29, 1.82) is 0 Å². The number of para-hydroxylation sites is 1. The molecule has 0 bridgehead atoms. The molecular weight excluding hydrogens is 370 g/mol. The maximum absolute atomic E-state index is 11.6. The van der Waals surface area contributed by atoms with Crippen LogP contribution in [0.3, 0.4) is 0 Å². The summed E-state index contributed by atoms with van der Waals surface area (Å²) in [6.07, 6.45) is 4.25. The molecule has 3 heterocycles. The maximum atomic E-state index is 11.6. The molecule has 0 radical (unpaired) electrons. The van der Waals surface area contributed by atoms with Gasteiger partial charge in [0, 0.05) is 26.3 Å². The first-order valence-corrected chi connectivity index (χ1v) is 13.0. The molecule has 0 spiro atoms. The van der Waals surface area contributed by atoms with E-state index in [0.717, 1.165) is 28.9 Å². The molecular formula is C20H23N5O2Si. The predicted molar refractivity (Wildman–Crippen MR) is 112 cm³/mol. The molecule has 7 nitrogen and oxygen atoms in total. The Kier molecular flexibility index (Phi) is 4.82. The van der Waals surface area contributed by atoms with E-state index in [0.29, 0.717) is 35.8 Å². The Bertz CT molecular complexity index is 1140. The Morgan fingerprint density at radius 3 is 2.86 bits per heavy atom. The van der Waals surface area contributed by atoms with Crippen LogP contribution in [0.2, 0.25) is 25.7 Å². The smallest absolute Gasteiger partial charge is 0.161 e. The molecule has 0 atom stereocenters. The minimum absolute atomic E-state index is 0.355. The average molecular weight is 394 g/mol. The third kappa shape index (κ3) is 3.60. The number of carbonyl (C=O) groups is 1. The van der Waals surface area contributed by atoms with E-state index in [9.17, 15) is 4.79 Å². The normalized spacial score (nSPS) is 12.1. The first-order valence-electron chi connectivity index (χ1n) is 9.28. The van der Waals surface area contributed by atoms with Crippen LogP contribution >= 0.6 is 0 Å². The number of nitrogens with one attached hydrogen (secondary N) is 1. The molecule has 0 fully saturated rings. The van der Waals surface area contributed by atoms with E-state index in [-0.39, 0.29) is 0 Å². The number of aromatic amines is 1. The fourth-order valence-corrected chi connectivity index (χ4v) is 3.83. The number of ether oxygens (including phenoxy) is 1. The van der Waals surface area contributed by atoms with Crippen molar-refractivity contribution >= 4 is 36.4 Å². The van der Waals surface area contributed by atoms with Crippen LogP contribution in [0, 0.1) is 0 Å². The Morgan fingerprint density at radius 2 is 2.07 bits per heavy atom. The Hall–Kier alpha value is -2.84. The average Bonchev–Trinajstić information content (AvgIpc) is 3.25. The number of aromatic nitrogens is 5. The monoisotopic (exact) mass is 393 g/mol. The van der Waals surface area contributed by atoms with Crippen LogP contribution in [0.5, 0.6) is 0 Å². The lowest BCUT2D eigenvalue weighted by molar-refractivity contribution is 0.0897. The molecule has 144 valence electrons. The summed E-state index contributed by atoms with van der Waals surface area (Å²) < 4.78 is 7.65. The molecule has 1 aromatic carbocycles. The van der Waals surface area contributed by atoms with Gasteiger partial charge in [-0.15, -0.1) is 0 Å². The molecule has 0 aliphatic heterocycles. The topological polar surface area (TPSA) is 85.7 Å². The molecule has 4 aromatic rings. The van der Waals surface area contributed by atoms with E-state index in [1.165, 1.54) is 0 Å². The van der Waals surface area contributed by atoms with Gasteiger partial charge in [0.25, 0.3) is 0 Å². The Labute approximate surface area is 163 Å². The molecule has 0 saturated carbocycles. The summed E-state index contributed by atoms with van der Waals surface area (Å²) in [6.45, 7) is 8.01. The standard InChI is InChI=1S/C20H23N5O2Si/c1-28(2,3)9-8-27-13-25-11-14(12-26)18-20(25)21-10-17(22-18)19-15-6-4-5-7-16(15)23-24-19/h4-7,10-12H,8-9,13H2,1-3H3,(H,23,24). The first-order chi connectivity index (χ1) is 13.5. The number of benzene rings is 1. The Balaban J connectivity index is 1.65. The van der Waals surface area contributed by atoms with Gasteiger partial charge in [-0.3, -0.25) is 9.89 Å². The van der Waals surface area contributed by atoms with Gasteiger partial charge in [0.2, 0.25) is 0 Å². The number of H-pyrrole nitrogens is 1. The SMILES string of the molecule is C[Si](C)(C)CCOCn1cc(C=O)c2nc(-c3n[nH]c4ccccc34)cnc21. The zero-order chi connectivity index (χ0) is 19.7. The van der Waals surface area contributed by atoms with Crippen LogP contribution in [0.15, 0.2) is 36.7 Å². The van der Waals surface area contributed by atoms with Crippen molar-refractivity contribution < 1.29 is 9.53 Å². The second-order valence-corrected chi connectivity index (χ2v) is 13.7. The van der Waals surface area contributed by atoms with Crippen molar-refractivity contribution in [3.05, 3.63) is 42.2 Å². The lowest BCUT2D eigenvalue weighted by Gasteiger charge is -2.15. The summed E-state index contributed by atoms with van der Waals surface area (Å²) >= 11 is 0. The molecule has 0 aliphatic carbocycles. The molecule has 0 amide bonds. The molecule has 0 saturated heterocycles. The highest BCUT2D eigenvalue weighted by atomic mass is 28.3. The number of rotatable bonds is 7. The van der Waals surface area contributed by atoms with E-state index < -0.39 is 8.07 Å². The number of hydrogen-bond acceptors (Lipinski definition) is 5. The Morgan fingerprint density at radius 1 is 1.25 bits per heavy atom. The third-order valence-corrected chi connectivity index (χ3v) is 6.36. The summed E-state index contributed by atoms with van der Waals surface area (Å²) in [5.41, 5.74) is 3.99. The van der Waals surface area contributed by atoms with Gasteiger partial charge in [0.15, 0.2) is 11.9 Å². The van der Waals surface area contributed by atoms with Crippen molar-refractivity contribution in [3.8, 4) is 11.4 Å². The quantitative estimate of drug-likeness (QED) is 0.290. The van der Waals surface area contributed by atoms with Crippen LogP contribution in [-0.4, -0.2) is 45.7 Å². The van der Waals surface area contributed by atoms with Gasteiger partial charge in [0.1, 0.15) is 23.6 Å². The number of fused-ring (bicyclic) bond motifs is 2. The zero-order valence-electron chi connectivity index (χ0n) is 16.3. The van der Waals surface area contributed by atoms with Crippen molar-refractivity contribution in [2.45, 2.75) is 32.4 Å².